The fourth-order valence-corrected chi connectivity index (χ4v) is 5.14. The lowest BCUT2D eigenvalue weighted by molar-refractivity contribution is -0.162. The Kier molecular flexibility index (Phi) is 6.04. The summed E-state index contributed by atoms with van der Waals surface area (Å²) in [5.74, 6) is 0.748. The predicted molar refractivity (Wildman–Crippen MR) is 132 cm³/mol. The molecule has 11 nitrogen and oxygen atoms in total. The summed E-state index contributed by atoms with van der Waals surface area (Å²) in [5.41, 5.74) is 2.27. The number of nitriles is 1. The molecule has 0 aliphatic carbocycles. The van der Waals surface area contributed by atoms with Gasteiger partial charge in [-0.2, -0.15) is 10.4 Å². The molecule has 0 saturated carbocycles. The summed E-state index contributed by atoms with van der Waals surface area (Å²) in [6, 6.07) is 4.12. The minimum atomic E-state index is -2.07. The molecule has 2 saturated heterocycles. The fraction of sp³-hybridized carbons (Fsp3) is 0.440. The highest BCUT2D eigenvalue weighted by atomic mass is 19.1. The minimum Gasteiger partial charge on any atom is -0.384 e. The van der Waals surface area contributed by atoms with Gasteiger partial charge in [0.05, 0.1) is 42.3 Å². The number of nitrogens with zero attached hydrogens (tertiary/aromatic N) is 8. The second-order valence-corrected chi connectivity index (χ2v) is 9.40. The number of halogens is 1. The largest absolute Gasteiger partial charge is 0.384 e. The summed E-state index contributed by atoms with van der Waals surface area (Å²) in [5, 5.41) is 25.9. The maximum Gasteiger partial charge on any atom is 0.298 e. The number of aromatic nitrogens is 5. The van der Waals surface area contributed by atoms with E-state index in [1.165, 1.54) is 11.1 Å². The third-order valence-electron chi connectivity index (χ3n) is 7.07. The summed E-state index contributed by atoms with van der Waals surface area (Å²) in [6.45, 7) is 4.76. The number of anilines is 1. The molecule has 5 rings (SSSR count). The number of pyridine rings is 1. The monoisotopic (exact) mass is 503 g/mol. The second-order valence-electron chi connectivity index (χ2n) is 9.40. The van der Waals surface area contributed by atoms with Gasteiger partial charge in [0.2, 0.25) is 5.67 Å². The van der Waals surface area contributed by atoms with E-state index in [4.69, 9.17) is 6.42 Å². The number of carbonyl (C=O) groups is 2. The Labute approximate surface area is 212 Å². The van der Waals surface area contributed by atoms with Crippen molar-refractivity contribution in [2.24, 2.45) is 0 Å². The molecule has 1 N–H and O–H groups in total. The molecular weight excluding hydrogens is 477 g/mol. The van der Waals surface area contributed by atoms with Crippen molar-refractivity contribution in [2.45, 2.75) is 38.4 Å². The van der Waals surface area contributed by atoms with Gasteiger partial charge in [-0.25, -0.2) is 13.6 Å². The van der Waals surface area contributed by atoms with Gasteiger partial charge in [-0.05, 0) is 38.7 Å². The van der Waals surface area contributed by atoms with Crippen LogP contribution in [0, 0.1) is 30.6 Å². The number of alkyl halides is 1. The van der Waals surface area contributed by atoms with E-state index in [0.717, 1.165) is 21.8 Å². The molecule has 12 heteroatoms. The average Bonchev–Trinajstić information content (AvgIpc) is 3.49. The Balaban J connectivity index is 1.31. The summed E-state index contributed by atoms with van der Waals surface area (Å²) in [6.07, 6.45) is 9.64. The van der Waals surface area contributed by atoms with E-state index in [9.17, 15) is 14.9 Å². The van der Waals surface area contributed by atoms with Crippen LogP contribution in [-0.2, 0) is 9.59 Å². The van der Waals surface area contributed by atoms with Crippen molar-refractivity contribution in [1.29, 1.82) is 5.26 Å². The number of terminal acetylenes is 1. The van der Waals surface area contributed by atoms with Crippen LogP contribution in [0.25, 0.3) is 16.8 Å². The van der Waals surface area contributed by atoms with Gasteiger partial charge in [-0.15, -0.1) is 11.5 Å². The third-order valence-corrected chi connectivity index (χ3v) is 7.07. The number of likely N-dealkylation sites (tertiary alicyclic amines) is 2. The predicted octanol–water partition coefficient (Wildman–Crippen LogP) is 1.55. The van der Waals surface area contributed by atoms with Crippen LogP contribution in [0.15, 0.2) is 18.5 Å². The Morgan fingerprint density at radius 3 is 2.68 bits per heavy atom. The third kappa shape index (κ3) is 4.04. The Bertz CT molecular complexity index is 1460. The first-order valence-electron chi connectivity index (χ1n) is 12.1. The van der Waals surface area contributed by atoms with Gasteiger partial charge in [-0.3, -0.25) is 9.59 Å². The minimum absolute atomic E-state index is 0.00799. The van der Waals surface area contributed by atoms with Crippen molar-refractivity contribution in [3.8, 4) is 29.7 Å². The van der Waals surface area contributed by atoms with Gasteiger partial charge in [0.25, 0.3) is 11.8 Å². The van der Waals surface area contributed by atoms with Crippen LogP contribution in [0.5, 0.6) is 0 Å². The number of hydrogen-bond acceptors (Lipinski definition) is 7. The number of fused-ring (bicyclic) bond motifs is 1. The van der Waals surface area contributed by atoms with Crippen LogP contribution in [-0.4, -0.2) is 84.6 Å². The maximum absolute atomic E-state index is 15.0. The van der Waals surface area contributed by atoms with Crippen LogP contribution in [0.3, 0.4) is 0 Å². The van der Waals surface area contributed by atoms with Gasteiger partial charge in [-0.1, -0.05) is 5.21 Å². The lowest BCUT2D eigenvalue weighted by Crippen LogP contribution is -2.68. The summed E-state index contributed by atoms with van der Waals surface area (Å²) in [7, 11) is 0. The molecule has 2 fully saturated rings. The summed E-state index contributed by atoms with van der Waals surface area (Å²) in [4.78, 5) is 27.0. The first-order chi connectivity index (χ1) is 17.8. The van der Waals surface area contributed by atoms with Gasteiger partial charge >= 0.3 is 0 Å². The Hall–Kier alpha value is -4.45. The molecule has 0 spiro atoms. The molecule has 3 aromatic rings. The van der Waals surface area contributed by atoms with Crippen molar-refractivity contribution < 1.29 is 14.0 Å². The molecule has 37 heavy (non-hydrogen) atoms. The smallest absolute Gasteiger partial charge is 0.298 e. The van der Waals surface area contributed by atoms with Gasteiger partial charge < -0.3 is 15.1 Å². The Morgan fingerprint density at radius 1 is 1.30 bits per heavy atom. The molecule has 0 radical (unpaired) electrons. The lowest BCUT2D eigenvalue weighted by atomic mass is 9.92. The van der Waals surface area contributed by atoms with Crippen LogP contribution < -0.4 is 5.32 Å². The number of amides is 2. The van der Waals surface area contributed by atoms with Crippen LogP contribution in [0.2, 0.25) is 0 Å². The molecular formula is C25H26FN9O2. The van der Waals surface area contributed by atoms with Crippen molar-refractivity contribution >= 4 is 23.0 Å². The van der Waals surface area contributed by atoms with E-state index >= 15 is 4.39 Å². The highest BCUT2D eigenvalue weighted by molar-refractivity contribution is 5.96. The quantitative estimate of drug-likeness (QED) is 0.524. The molecule has 2 aliphatic heterocycles. The summed E-state index contributed by atoms with van der Waals surface area (Å²) >= 11 is 0. The number of carbonyl (C=O) groups excluding carboxylic acids is 2. The first kappa shape index (κ1) is 24.3. The molecule has 3 aromatic heterocycles. The van der Waals surface area contributed by atoms with Gasteiger partial charge in [0, 0.05) is 31.4 Å². The number of rotatable bonds is 5. The van der Waals surface area contributed by atoms with E-state index in [1.807, 2.05) is 36.7 Å². The van der Waals surface area contributed by atoms with Crippen LogP contribution in [0.4, 0.5) is 10.1 Å². The highest BCUT2D eigenvalue weighted by Crippen LogP contribution is 2.33. The highest BCUT2D eigenvalue weighted by Gasteiger charge is 2.53. The van der Waals surface area contributed by atoms with Crippen molar-refractivity contribution in [1.82, 2.24) is 34.4 Å². The van der Waals surface area contributed by atoms with E-state index in [2.05, 4.69) is 26.8 Å². The molecule has 0 aromatic carbocycles. The maximum atomic E-state index is 15.0. The van der Waals surface area contributed by atoms with Crippen molar-refractivity contribution in [2.75, 3.05) is 38.0 Å². The average molecular weight is 504 g/mol. The van der Waals surface area contributed by atoms with Crippen molar-refractivity contribution in [3.63, 3.8) is 0 Å². The number of piperidine rings is 1. The zero-order chi connectivity index (χ0) is 26.3. The summed E-state index contributed by atoms with van der Waals surface area (Å²) < 4.78 is 18.5. The fourth-order valence-electron chi connectivity index (χ4n) is 5.14. The van der Waals surface area contributed by atoms with Crippen molar-refractivity contribution in [3.05, 3.63) is 29.7 Å². The molecule has 0 unspecified atom stereocenters. The Morgan fingerprint density at radius 2 is 2.03 bits per heavy atom. The van der Waals surface area contributed by atoms with E-state index in [0.29, 0.717) is 49.2 Å². The van der Waals surface area contributed by atoms with Crippen LogP contribution in [0.1, 0.15) is 37.1 Å². The normalized spacial score (nSPS) is 17.2. The first-order valence-corrected chi connectivity index (χ1v) is 12.1. The SMILES string of the molecule is C#CC(=O)N1CC(F)(C(=O)N2CCC(n3nnc(-c4cc(NCC)c5c(C#N)cnn5c4)c3C)CC2)C1. The van der Waals surface area contributed by atoms with E-state index < -0.39 is 17.5 Å². The molecule has 5 heterocycles. The zero-order valence-corrected chi connectivity index (χ0v) is 20.6. The molecule has 0 atom stereocenters. The molecule has 2 aliphatic rings. The second kappa shape index (κ2) is 9.21. The molecule has 0 bridgehead atoms. The van der Waals surface area contributed by atoms with Crippen LogP contribution >= 0.6 is 0 Å². The number of hydrogen-bond donors (Lipinski definition) is 1. The molecule has 2 amide bonds. The zero-order valence-electron chi connectivity index (χ0n) is 20.6. The number of nitrogens with one attached hydrogen (secondary N) is 1. The topological polar surface area (TPSA) is 124 Å². The standard InChI is InChI=1S/C25H26FN9O2/c1-4-21(36)33-14-25(26,15-33)24(37)32-8-6-19(7-9-32)35-16(3)22(30-31-35)17-10-20(28-5-2)23-18(11-27)12-29-34(23)13-17/h1,10,12-13,19,28H,5-9,14-15H2,2-3H3. The van der Waals surface area contributed by atoms with E-state index in [1.54, 1.807) is 4.52 Å². The lowest BCUT2D eigenvalue weighted by Gasteiger charge is -2.45. The van der Waals surface area contributed by atoms with Gasteiger partial charge in [0.15, 0.2) is 0 Å². The van der Waals surface area contributed by atoms with E-state index in [-0.39, 0.29) is 19.1 Å². The van der Waals surface area contributed by atoms with Gasteiger partial charge in [0.1, 0.15) is 17.3 Å². The molecule has 190 valence electrons.